The van der Waals surface area contributed by atoms with Crippen LogP contribution in [0.4, 0.5) is 12.9 Å². The van der Waals surface area contributed by atoms with Crippen molar-refractivity contribution in [3.63, 3.8) is 0 Å². The normalized spacial score (nSPS) is 12.0. The molecule has 1 aromatic heterocycles. The minimum Gasteiger partial charge on any atom is -0.449 e. The third-order valence-electron chi connectivity index (χ3n) is 1.55. The van der Waals surface area contributed by atoms with Crippen LogP contribution in [0.2, 0.25) is 0 Å². The Morgan fingerprint density at radius 2 is 2.15 bits per heavy atom. The van der Waals surface area contributed by atoms with Crippen molar-refractivity contribution in [2.75, 3.05) is 0 Å². The summed E-state index contributed by atoms with van der Waals surface area (Å²) in [5, 5.41) is 3.71. The fraction of sp³-hybridized carbons (Fsp3) is 0.667. The number of aryl methyl sites for hydroxylation is 1. The summed E-state index contributed by atoms with van der Waals surface area (Å²) in [6.45, 7) is -2.44. The summed E-state index contributed by atoms with van der Waals surface area (Å²) in [5.74, 6) is 0.00866. The Hall–Kier alpha value is -1.01. The minimum atomic E-state index is -4.81. The Morgan fingerprint density at radius 1 is 1.46 bits per heavy atom. The Labute approximate surface area is 74.0 Å². The van der Waals surface area contributed by atoms with Gasteiger partial charge < -0.3 is 12.9 Å². The van der Waals surface area contributed by atoms with Crippen molar-refractivity contribution in [1.29, 1.82) is 0 Å². The molecule has 0 spiro atoms. The molecule has 0 aliphatic heterocycles. The average Bonchev–Trinajstić information content (AvgIpc) is 2.34. The second kappa shape index (κ2) is 3.80. The summed E-state index contributed by atoms with van der Waals surface area (Å²) in [5.41, 5.74) is 0. The second-order valence-electron chi connectivity index (χ2n) is 2.81. The van der Waals surface area contributed by atoms with Crippen molar-refractivity contribution in [3.05, 3.63) is 12.2 Å². The molecule has 0 atom stereocenters. The van der Waals surface area contributed by atoms with E-state index in [1.165, 1.54) is 4.68 Å². The fourth-order valence-corrected chi connectivity index (χ4v) is 1.05. The molecule has 0 aliphatic rings. The van der Waals surface area contributed by atoms with E-state index in [2.05, 4.69) is 10.1 Å². The van der Waals surface area contributed by atoms with Crippen LogP contribution in [0.25, 0.3) is 0 Å². The highest BCUT2D eigenvalue weighted by Crippen LogP contribution is 2.14. The number of halogens is 3. The molecule has 0 radical (unpaired) electrons. The van der Waals surface area contributed by atoms with Crippen LogP contribution in [0, 0.1) is 0 Å². The van der Waals surface area contributed by atoms with Gasteiger partial charge in [0.1, 0.15) is 12.2 Å². The first kappa shape index (κ1) is 10.1. The molecule has 0 saturated heterocycles. The minimum absolute atomic E-state index is 0.00866. The molecule has 0 saturated carbocycles. The highest BCUT2D eigenvalue weighted by molar-refractivity contribution is 6.57. The number of rotatable bonds is 4. The van der Waals surface area contributed by atoms with Gasteiger partial charge in [-0.1, -0.05) is 6.92 Å². The molecule has 7 heteroatoms. The van der Waals surface area contributed by atoms with E-state index in [4.69, 9.17) is 0 Å². The zero-order chi connectivity index (χ0) is 9.90. The average molecular weight is 192 g/mol. The summed E-state index contributed by atoms with van der Waals surface area (Å²) < 4.78 is 37.4. The standard InChI is InChI=1S/C6H10BF3N3/c1-2-3-13-6(11-5-12-13)4-7(8,9)10/h5H,2-4H2,1H3/q-1. The lowest BCUT2D eigenvalue weighted by Gasteiger charge is -2.13. The Balaban J connectivity index is 2.70. The van der Waals surface area contributed by atoms with Gasteiger partial charge in [0.25, 0.3) is 0 Å². The number of aromatic nitrogens is 3. The number of nitrogens with zero attached hydrogens (tertiary/aromatic N) is 3. The molecule has 0 amide bonds. The zero-order valence-corrected chi connectivity index (χ0v) is 7.25. The van der Waals surface area contributed by atoms with Crippen molar-refractivity contribution >= 4 is 6.98 Å². The maximum atomic E-state index is 12.0. The molecule has 0 fully saturated rings. The predicted octanol–water partition coefficient (Wildman–Crippen LogP) is 1.62. The summed E-state index contributed by atoms with van der Waals surface area (Å²) in [7, 11) is 0. The van der Waals surface area contributed by atoms with E-state index in [0.717, 1.165) is 12.7 Å². The lowest BCUT2D eigenvalue weighted by atomic mass is 9.86. The van der Waals surface area contributed by atoms with Gasteiger partial charge in [0.2, 0.25) is 0 Å². The predicted molar refractivity (Wildman–Crippen MR) is 43.1 cm³/mol. The lowest BCUT2D eigenvalue weighted by Crippen LogP contribution is -2.22. The van der Waals surface area contributed by atoms with E-state index in [9.17, 15) is 12.9 Å². The molecule has 0 unspecified atom stereocenters. The van der Waals surface area contributed by atoms with E-state index >= 15 is 0 Å². The van der Waals surface area contributed by atoms with E-state index in [-0.39, 0.29) is 5.82 Å². The Bertz CT molecular complexity index is 270. The monoisotopic (exact) mass is 192 g/mol. The van der Waals surface area contributed by atoms with E-state index in [1.54, 1.807) is 0 Å². The van der Waals surface area contributed by atoms with Gasteiger partial charge in [0, 0.05) is 6.54 Å². The maximum Gasteiger partial charge on any atom is 0.485 e. The Kier molecular flexibility index (Phi) is 2.95. The van der Waals surface area contributed by atoms with Crippen LogP contribution in [0.3, 0.4) is 0 Å². The molecule has 1 rings (SSSR count). The first-order valence-electron chi connectivity index (χ1n) is 4.10. The van der Waals surface area contributed by atoms with Gasteiger partial charge in [-0.2, -0.15) is 5.10 Å². The van der Waals surface area contributed by atoms with Crippen molar-refractivity contribution in [2.45, 2.75) is 26.2 Å². The fourth-order valence-electron chi connectivity index (χ4n) is 1.05. The van der Waals surface area contributed by atoms with Crippen LogP contribution < -0.4 is 0 Å². The van der Waals surface area contributed by atoms with Crippen LogP contribution in [0.15, 0.2) is 6.33 Å². The molecule has 3 nitrogen and oxygen atoms in total. The lowest BCUT2D eigenvalue weighted by molar-refractivity contribution is 0.457. The molecule has 0 aliphatic carbocycles. The van der Waals surface area contributed by atoms with E-state index < -0.39 is 13.3 Å². The highest BCUT2D eigenvalue weighted by Gasteiger charge is 2.25. The highest BCUT2D eigenvalue weighted by atomic mass is 19.4. The van der Waals surface area contributed by atoms with Gasteiger partial charge in [0.05, 0.1) is 0 Å². The number of hydrogen-bond acceptors (Lipinski definition) is 2. The largest absolute Gasteiger partial charge is 0.485 e. The number of hydrogen-bond donors (Lipinski definition) is 0. The molecule has 0 N–H and O–H groups in total. The maximum absolute atomic E-state index is 12.0. The third kappa shape index (κ3) is 3.08. The van der Waals surface area contributed by atoms with Crippen molar-refractivity contribution in [2.24, 2.45) is 0 Å². The van der Waals surface area contributed by atoms with Gasteiger partial charge in [-0.05, 0) is 12.7 Å². The molecule has 0 aromatic carbocycles. The summed E-state index contributed by atoms with van der Waals surface area (Å²) in [6.07, 6.45) is 0.966. The zero-order valence-electron chi connectivity index (χ0n) is 7.25. The van der Waals surface area contributed by atoms with Crippen LogP contribution >= 0.6 is 0 Å². The van der Waals surface area contributed by atoms with Crippen molar-refractivity contribution in [3.8, 4) is 0 Å². The van der Waals surface area contributed by atoms with Crippen LogP contribution in [-0.4, -0.2) is 21.7 Å². The van der Waals surface area contributed by atoms with Gasteiger partial charge in [-0.15, -0.1) is 0 Å². The van der Waals surface area contributed by atoms with Crippen LogP contribution in [-0.2, 0) is 12.9 Å². The van der Waals surface area contributed by atoms with Gasteiger partial charge >= 0.3 is 6.98 Å². The summed E-state index contributed by atoms with van der Waals surface area (Å²) in [4.78, 5) is 3.57. The Morgan fingerprint density at radius 3 is 2.69 bits per heavy atom. The SMILES string of the molecule is CCCn1ncnc1C[B-](F)(F)F. The molecular weight excluding hydrogens is 182 g/mol. The van der Waals surface area contributed by atoms with Crippen molar-refractivity contribution in [1.82, 2.24) is 14.8 Å². The molecule has 1 aromatic rings. The molecule has 0 bridgehead atoms. The quantitative estimate of drug-likeness (QED) is 0.678. The van der Waals surface area contributed by atoms with Crippen LogP contribution in [0.5, 0.6) is 0 Å². The first-order valence-corrected chi connectivity index (χ1v) is 4.10. The molecular formula is C6H10BF3N3-. The summed E-state index contributed by atoms with van der Waals surface area (Å²) in [6, 6.07) is 0. The summed E-state index contributed by atoms with van der Waals surface area (Å²) >= 11 is 0. The van der Waals surface area contributed by atoms with Crippen molar-refractivity contribution < 1.29 is 12.9 Å². The van der Waals surface area contributed by atoms with E-state index in [1.807, 2.05) is 6.92 Å². The van der Waals surface area contributed by atoms with Gasteiger partial charge in [-0.3, -0.25) is 4.68 Å². The first-order chi connectivity index (χ1) is 6.03. The topological polar surface area (TPSA) is 30.7 Å². The van der Waals surface area contributed by atoms with E-state index in [0.29, 0.717) is 6.54 Å². The van der Waals surface area contributed by atoms with Gasteiger partial charge in [-0.25, -0.2) is 4.98 Å². The third-order valence-corrected chi connectivity index (χ3v) is 1.55. The van der Waals surface area contributed by atoms with Crippen LogP contribution in [0.1, 0.15) is 19.2 Å². The second-order valence-corrected chi connectivity index (χ2v) is 2.81. The molecule has 1 heterocycles. The van der Waals surface area contributed by atoms with Gasteiger partial charge in [0.15, 0.2) is 0 Å². The smallest absolute Gasteiger partial charge is 0.449 e. The molecule has 74 valence electrons. The molecule has 13 heavy (non-hydrogen) atoms.